The molecule has 0 fully saturated rings. The van der Waals surface area contributed by atoms with Gasteiger partial charge in [-0.1, -0.05) is 6.42 Å². The lowest BCUT2D eigenvalue weighted by atomic mass is 10.5. The molecule has 0 aromatic carbocycles. The Morgan fingerprint density at radius 2 is 1.78 bits per heavy atom. The van der Waals surface area contributed by atoms with Crippen molar-refractivity contribution < 1.29 is 0 Å². The highest BCUT2D eigenvalue weighted by Crippen LogP contribution is 1.78. The minimum atomic E-state index is 0.934. The summed E-state index contributed by atoms with van der Waals surface area (Å²) in [7, 11) is 5.97. The molecule has 2 nitrogen and oxygen atoms in total. The van der Waals surface area contributed by atoms with Gasteiger partial charge in [0.15, 0.2) is 0 Å². The number of terminal acetylenes is 1. The average molecular weight is 126 g/mol. The topological polar surface area (TPSA) is 6.48 Å². The van der Waals surface area contributed by atoms with Crippen LogP contribution >= 0.6 is 0 Å². The van der Waals surface area contributed by atoms with Crippen LogP contribution < -0.4 is 0 Å². The summed E-state index contributed by atoms with van der Waals surface area (Å²) in [5, 5.41) is 0. The average Bonchev–Trinajstić information content (AvgIpc) is 1.83. The van der Waals surface area contributed by atoms with Crippen LogP contribution in [0.3, 0.4) is 0 Å². The van der Waals surface area contributed by atoms with Crippen molar-refractivity contribution in [2.24, 2.45) is 0 Å². The number of rotatable bonds is 3. The first-order valence-corrected chi connectivity index (χ1v) is 2.99. The predicted molar refractivity (Wildman–Crippen MR) is 40.0 cm³/mol. The zero-order valence-corrected chi connectivity index (χ0v) is 6.39. The highest BCUT2D eigenvalue weighted by atomic mass is 15.1. The molecule has 0 rings (SSSR count). The minimum Gasteiger partial charge on any atom is -0.335 e. The molecule has 0 radical (unpaired) electrons. The van der Waals surface area contributed by atoms with Crippen molar-refractivity contribution in [3.63, 3.8) is 0 Å². The molecule has 0 aliphatic heterocycles. The molecule has 0 atom stereocenters. The largest absolute Gasteiger partial charge is 0.335 e. The third-order valence-electron chi connectivity index (χ3n) is 1.10. The highest BCUT2D eigenvalue weighted by molar-refractivity contribution is 4.81. The Bertz CT molecular complexity index is 102. The molecule has 0 saturated heterocycles. The van der Waals surface area contributed by atoms with E-state index in [2.05, 4.69) is 10.9 Å². The quantitative estimate of drug-likeness (QED) is 0.390. The molecular formula is C7H14N2. The summed E-state index contributed by atoms with van der Waals surface area (Å²) in [6.07, 6.45) is 5.12. The molecule has 0 N–H and O–H groups in total. The van der Waals surface area contributed by atoms with E-state index in [1.807, 2.05) is 26.0 Å². The van der Waals surface area contributed by atoms with Gasteiger partial charge in [-0.05, 0) is 14.1 Å². The van der Waals surface area contributed by atoms with Crippen molar-refractivity contribution in [2.75, 3.05) is 34.2 Å². The van der Waals surface area contributed by atoms with E-state index in [0.29, 0.717) is 0 Å². The second kappa shape index (κ2) is 4.22. The van der Waals surface area contributed by atoms with Crippen LogP contribution in [-0.4, -0.2) is 44.0 Å². The predicted octanol–water partition coefficient (Wildman–Crippen LogP) is 0.0705. The lowest BCUT2D eigenvalue weighted by Crippen LogP contribution is -2.25. The van der Waals surface area contributed by atoms with Crippen LogP contribution in [0.4, 0.5) is 0 Å². The molecule has 0 aliphatic carbocycles. The molecule has 0 aliphatic rings. The van der Waals surface area contributed by atoms with Crippen LogP contribution in [0.1, 0.15) is 0 Å². The standard InChI is InChI=1S/C7H14N2/c1-5-9(4)7-6-8(2)3/h1H,6-7H2,2-4H3. The maximum absolute atomic E-state index is 5.12. The van der Waals surface area contributed by atoms with Crippen molar-refractivity contribution >= 4 is 0 Å². The molecule has 52 valence electrons. The zero-order chi connectivity index (χ0) is 7.28. The number of hydrogen-bond acceptors (Lipinski definition) is 2. The van der Waals surface area contributed by atoms with E-state index in [9.17, 15) is 0 Å². The molecule has 0 saturated carbocycles. The third kappa shape index (κ3) is 5.19. The fourth-order valence-corrected chi connectivity index (χ4v) is 0.415. The van der Waals surface area contributed by atoms with Crippen LogP contribution in [0, 0.1) is 12.5 Å². The Kier molecular flexibility index (Phi) is 3.90. The monoisotopic (exact) mass is 126 g/mol. The first-order chi connectivity index (χ1) is 4.16. The maximum atomic E-state index is 5.12. The molecule has 0 spiro atoms. The van der Waals surface area contributed by atoms with Crippen LogP contribution in [0.15, 0.2) is 0 Å². The van der Waals surface area contributed by atoms with Crippen LogP contribution in [0.2, 0.25) is 0 Å². The molecule has 0 unspecified atom stereocenters. The molecule has 0 bridgehead atoms. The van der Waals surface area contributed by atoms with E-state index in [4.69, 9.17) is 6.42 Å². The maximum Gasteiger partial charge on any atom is 0.0384 e. The molecule has 9 heavy (non-hydrogen) atoms. The Morgan fingerprint density at radius 1 is 1.22 bits per heavy atom. The lowest BCUT2D eigenvalue weighted by Gasteiger charge is -2.14. The number of likely N-dealkylation sites (N-methyl/N-ethyl adjacent to an activating group) is 2. The van der Waals surface area contributed by atoms with E-state index in [1.165, 1.54) is 0 Å². The highest BCUT2D eigenvalue weighted by Gasteiger charge is 1.91. The summed E-state index contributed by atoms with van der Waals surface area (Å²) >= 11 is 0. The van der Waals surface area contributed by atoms with E-state index in [0.717, 1.165) is 13.1 Å². The molecule has 0 amide bonds. The molecule has 2 heteroatoms. The Labute approximate surface area is 57.4 Å². The first-order valence-electron chi connectivity index (χ1n) is 2.99. The van der Waals surface area contributed by atoms with E-state index in [-0.39, 0.29) is 0 Å². The van der Waals surface area contributed by atoms with Crippen molar-refractivity contribution in [2.45, 2.75) is 0 Å². The van der Waals surface area contributed by atoms with Crippen molar-refractivity contribution in [3.8, 4) is 12.5 Å². The van der Waals surface area contributed by atoms with Gasteiger partial charge < -0.3 is 9.80 Å². The summed E-state index contributed by atoms with van der Waals surface area (Å²) in [5.74, 6) is 0. The fourth-order valence-electron chi connectivity index (χ4n) is 0.415. The van der Waals surface area contributed by atoms with Gasteiger partial charge in [-0.3, -0.25) is 0 Å². The van der Waals surface area contributed by atoms with Crippen LogP contribution in [0.5, 0.6) is 0 Å². The van der Waals surface area contributed by atoms with Gasteiger partial charge in [0.2, 0.25) is 0 Å². The van der Waals surface area contributed by atoms with E-state index >= 15 is 0 Å². The Morgan fingerprint density at radius 3 is 2.11 bits per heavy atom. The lowest BCUT2D eigenvalue weighted by molar-refractivity contribution is 0.350. The normalized spacial score (nSPS) is 9.22. The van der Waals surface area contributed by atoms with Gasteiger partial charge in [0.1, 0.15) is 0 Å². The summed E-state index contributed by atoms with van der Waals surface area (Å²) in [6.45, 7) is 1.95. The fraction of sp³-hybridized carbons (Fsp3) is 0.714. The smallest absolute Gasteiger partial charge is 0.0384 e. The van der Waals surface area contributed by atoms with Gasteiger partial charge in [0, 0.05) is 26.2 Å². The first kappa shape index (κ1) is 8.32. The number of nitrogens with zero attached hydrogens (tertiary/aromatic N) is 2. The molecular weight excluding hydrogens is 112 g/mol. The molecule has 0 aromatic rings. The van der Waals surface area contributed by atoms with Gasteiger partial charge >= 0.3 is 0 Å². The molecule has 0 heterocycles. The minimum absolute atomic E-state index is 0.934. The zero-order valence-electron chi connectivity index (χ0n) is 6.39. The Balaban J connectivity index is 3.19. The second-order valence-electron chi connectivity index (χ2n) is 2.35. The van der Waals surface area contributed by atoms with Gasteiger partial charge in [-0.2, -0.15) is 0 Å². The second-order valence-corrected chi connectivity index (χ2v) is 2.35. The number of hydrogen-bond donors (Lipinski definition) is 0. The summed E-state index contributed by atoms with van der Waals surface area (Å²) in [5.41, 5.74) is 0. The van der Waals surface area contributed by atoms with Crippen molar-refractivity contribution in [1.82, 2.24) is 9.80 Å². The van der Waals surface area contributed by atoms with Gasteiger partial charge in [0.25, 0.3) is 0 Å². The van der Waals surface area contributed by atoms with Crippen molar-refractivity contribution in [3.05, 3.63) is 0 Å². The van der Waals surface area contributed by atoms with Gasteiger partial charge in [-0.15, -0.1) is 0 Å². The van der Waals surface area contributed by atoms with Gasteiger partial charge in [-0.25, -0.2) is 0 Å². The third-order valence-corrected chi connectivity index (χ3v) is 1.10. The van der Waals surface area contributed by atoms with Gasteiger partial charge in [0.05, 0.1) is 0 Å². The SMILES string of the molecule is C#CN(C)CCN(C)C. The van der Waals surface area contributed by atoms with E-state index in [1.54, 1.807) is 0 Å². The van der Waals surface area contributed by atoms with E-state index < -0.39 is 0 Å². The summed E-state index contributed by atoms with van der Waals surface area (Å²) in [4.78, 5) is 3.94. The summed E-state index contributed by atoms with van der Waals surface area (Å²) in [6, 6.07) is 2.53. The summed E-state index contributed by atoms with van der Waals surface area (Å²) < 4.78 is 0. The molecule has 0 aromatic heterocycles. The van der Waals surface area contributed by atoms with Crippen LogP contribution in [0.25, 0.3) is 0 Å². The van der Waals surface area contributed by atoms with Crippen LogP contribution in [-0.2, 0) is 0 Å². The van der Waals surface area contributed by atoms with Crippen molar-refractivity contribution in [1.29, 1.82) is 0 Å². The Hall–Kier alpha value is -0.680.